The van der Waals surface area contributed by atoms with E-state index in [-0.39, 0.29) is 10.7 Å². The van der Waals surface area contributed by atoms with Crippen LogP contribution >= 0.6 is 0 Å². The molecule has 1 amide bonds. The fourth-order valence-electron chi connectivity index (χ4n) is 3.51. The molecule has 1 aromatic carbocycles. The van der Waals surface area contributed by atoms with Gasteiger partial charge in [0.2, 0.25) is 5.88 Å². The molecule has 0 unspecified atom stereocenters. The van der Waals surface area contributed by atoms with Gasteiger partial charge in [0.15, 0.2) is 8.32 Å². The van der Waals surface area contributed by atoms with Gasteiger partial charge in [-0.05, 0) is 71.9 Å². The fraction of sp³-hybridized carbons (Fsp3) is 0.462. The van der Waals surface area contributed by atoms with Crippen molar-refractivity contribution in [2.75, 3.05) is 31.7 Å². The third kappa shape index (κ3) is 6.90. The number of aryl methyl sites for hydroxylation is 1. The number of nitrogens with one attached hydrogen (secondary N) is 1. The molecular weight excluding hydrogens is 467 g/mol. The largest absolute Gasteiger partial charge is 0.475 e. The Bertz CT molecular complexity index is 1110. The van der Waals surface area contributed by atoms with Crippen molar-refractivity contribution in [1.29, 1.82) is 0 Å². The average Bonchev–Trinajstić information content (AvgIpc) is 2.78. The van der Waals surface area contributed by atoms with E-state index >= 15 is 0 Å². The van der Waals surface area contributed by atoms with Crippen LogP contribution < -0.4 is 10.1 Å². The summed E-state index contributed by atoms with van der Waals surface area (Å²) in [6.07, 6.45) is 1.39. The van der Waals surface area contributed by atoms with E-state index in [1.165, 1.54) is 12.1 Å². The van der Waals surface area contributed by atoms with E-state index in [4.69, 9.17) is 24.0 Å². The molecule has 0 saturated heterocycles. The van der Waals surface area contributed by atoms with E-state index in [0.717, 1.165) is 23.3 Å². The second kappa shape index (κ2) is 10.9. The standard InChI is InChI=1S/C26H35FN2O5Si/c1-17-13-21(27)23(29-25(30)31)16-20(17)19-14-22(18-7-9-32-10-8-18)28-24(15-19)33-11-12-34-35(5,6)26(2,3)4/h7,13-16,29H,8-12H2,1-6H3,(H,30,31). The molecule has 2 aromatic rings. The predicted molar refractivity (Wildman–Crippen MR) is 138 cm³/mol. The van der Waals surface area contributed by atoms with Gasteiger partial charge in [-0.2, -0.15) is 0 Å². The Balaban J connectivity index is 1.92. The van der Waals surface area contributed by atoms with Gasteiger partial charge >= 0.3 is 6.09 Å². The van der Waals surface area contributed by atoms with Crippen molar-refractivity contribution in [2.24, 2.45) is 0 Å². The first-order valence-corrected chi connectivity index (χ1v) is 14.6. The summed E-state index contributed by atoms with van der Waals surface area (Å²) < 4.78 is 32.0. The maximum atomic E-state index is 14.3. The van der Waals surface area contributed by atoms with Gasteiger partial charge in [-0.3, -0.25) is 5.32 Å². The maximum absolute atomic E-state index is 14.3. The summed E-state index contributed by atoms with van der Waals surface area (Å²) in [6.45, 7) is 14.7. The molecule has 0 fully saturated rings. The van der Waals surface area contributed by atoms with Crippen LogP contribution in [0.1, 0.15) is 38.4 Å². The van der Waals surface area contributed by atoms with E-state index in [1.54, 1.807) is 13.0 Å². The Morgan fingerprint density at radius 1 is 1.23 bits per heavy atom. The molecule has 2 N–H and O–H groups in total. The summed E-state index contributed by atoms with van der Waals surface area (Å²) in [5.74, 6) is -0.200. The molecule has 2 heterocycles. The number of halogens is 1. The van der Waals surface area contributed by atoms with E-state index < -0.39 is 20.2 Å². The molecule has 9 heteroatoms. The maximum Gasteiger partial charge on any atom is 0.409 e. The van der Waals surface area contributed by atoms with Crippen LogP contribution in [0.15, 0.2) is 30.3 Å². The summed E-state index contributed by atoms with van der Waals surface area (Å²) in [5.41, 5.74) is 3.81. The second-order valence-corrected chi connectivity index (χ2v) is 15.0. The minimum Gasteiger partial charge on any atom is -0.475 e. The number of nitrogens with zero attached hydrogens (tertiary/aromatic N) is 1. The van der Waals surface area contributed by atoms with Crippen molar-refractivity contribution in [3.63, 3.8) is 0 Å². The number of aromatic nitrogens is 1. The van der Waals surface area contributed by atoms with Gasteiger partial charge < -0.3 is 19.0 Å². The Labute approximate surface area is 207 Å². The monoisotopic (exact) mass is 502 g/mol. The van der Waals surface area contributed by atoms with E-state index in [2.05, 4.69) is 39.2 Å². The summed E-state index contributed by atoms with van der Waals surface area (Å²) in [5, 5.41) is 11.3. The van der Waals surface area contributed by atoms with Crippen molar-refractivity contribution >= 4 is 25.7 Å². The molecular formula is C26H35FN2O5Si. The predicted octanol–water partition coefficient (Wildman–Crippen LogP) is 6.49. The average molecular weight is 503 g/mol. The van der Waals surface area contributed by atoms with Crippen LogP contribution in [0.25, 0.3) is 16.7 Å². The van der Waals surface area contributed by atoms with Gasteiger partial charge in [0.25, 0.3) is 0 Å². The molecule has 0 atom stereocenters. The highest BCUT2D eigenvalue weighted by molar-refractivity contribution is 6.74. The fourth-order valence-corrected chi connectivity index (χ4v) is 4.54. The molecule has 0 spiro atoms. The number of amides is 1. The van der Waals surface area contributed by atoms with Crippen molar-refractivity contribution in [3.05, 3.63) is 47.4 Å². The normalized spacial score (nSPS) is 14.4. The minimum atomic E-state index is -1.89. The van der Waals surface area contributed by atoms with Crippen LogP contribution in [0, 0.1) is 12.7 Å². The van der Waals surface area contributed by atoms with Crippen molar-refractivity contribution in [1.82, 2.24) is 4.98 Å². The smallest absolute Gasteiger partial charge is 0.409 e. The Hall–Kier alpha value is -2.75. The molecule has 0 radical (unpaired) electrons. The van der Waals surface area contributed by atoms with Crippen molar-refractivity contribution in [3.8, 4) is 17.0 Å². The number of carboxylic acid groups (broad SMARTS) is 1. The highest BCUT2D eigenvalue weighted by atomic mass is 28.4. The van der Waals surface area contributed by atoms with Gasteiger partial charge in [-0.25, -0.2) is 14.2 Å². The van der Waals surface area contributed by atoms with E-state index in [0.29, 0.717) is 43.4 Å². The number of hydrogen-bond acceptors (Lipinski definition) is 5. The number of carbonyl (C=O) groups is 1. The molecule has 7 nitrogen and oxygen atoms in total. The highest BCUT2D eigenvalue weighted by Gasteiger charge is 2.36. The second-order valence-electron chi connectivity index (χ2n) is 10.2. The van der Waals surface area contributed by atoms with Gasteiger partial charge in [0.1, 0.15) is 12.4 Å². The molecule has 1 aliphatic rings. The Morgan fingerprint density at radius 3 is 2.60 bits per heavy atom. The summed E-state index contributed by atoms with van der Waals surface area (Å²) >= 11 is 0. The van der Waals surface area contributed by atoms with Crippen molar-refractivity contribution < 1.29 is 28.2 Å². The number of rotatable bonds is 8. The lowest BCUT2D eigenvalue weighted by atomic mass is 9.97. The van der Waals surface area contributed by atoms with E-state index in [1.807, 2.05) is 12.1 Å². The third-order valence-corrected chi connectivity index (χ3v) is 11.1. The molecule has 3 rings (SSSR count). The van der Waals surface area contributed by atoms with Crippen LogP contribution in [0.4, 0.5) is 14.9 Å². The van der Waals surface area contributed by atoms with Crippen LogP contribution in [0.3, 0.4) is 0 Å². The molecule has 0 saturated carbocycles. The van der Waals surface area contributed by atoms with E-state index in [9.17, 15) is 9.18 Å². The summed E-state index contributed by atoms with van der Waals surface area (Å²) in [6, 6.07) is 6.53. The lowest BCUT2D eigenvalue weighted by molar-refractivity contribution is 0.161. The zero-order valence-corrected chi connectivity index (χ0v) is 22.3. The van der Waals surface area contributed by atoms with Crippen molar-refractivity contribution in [2.45, 2.75) is 52.2 Å². The molecule has 0 bridgehead atoms. The number of pyridine rings is 1. The van der Waals surface area contributed by atoms with Crippen LogP contribution in [0.5, 0.6) is 5.88 Å². The van der Waals surface area contributed by atoms with Gasteiger partial charge in [0.05, 0.1) is 31.2 Å². The molecule has 1 aromatic heterocycles. The molecule has 0 aliphatic carbocycles. The SMILES string of the molecule is Cc1cc(F)c(NC(=O)O)cc1-c1cc(OCCO[Si](C)(C)C(C)(C)C)nc(C2=CCOCC2)c1. The highest BCUT2D eigenvalue weighted by Crippen LogP contribution is 2.37. The zero-order valence-electron chi connectivity index (χ0n) is 21.3. The molecule has 190 valence electrons. The lowest BCUT2D eigenvalue weighted by Crippen LogP contribution is -2.41. The lowest BCUT2D eigenvalue weighted by Gasteiger charge is -2.36. The Morgan fingerprint density at radius 2 is 1.97 bits per heavy atom. The molecule has 35 heavy (non-hydrogen) atoms. The number of ether oxygens (including phenoxy) is 2. The van der Waals surface area contributed by atoms with Crippen LogP contribution in [0.2, 0.25) is 18.1 Å². The minimum absolute atomic E-state index is 0.105. The third-order valence-electron chi connectivity index (χ3n) is 6.56. The summed E-state index contributed by atoms with van der Waals surface area (Å²) in [4.78, 5) is 15.8. The topological polar surface area (TPSA) is 89.9 Å². The first-order valence-electron chi connectivity index (χ1n) is 11.7. The zero-order chi connectivity index (χ0) is 25.8. The first-order chi connectivity index (χ1) is 16.4. The number of anilines is 1. The van der Waals surface area contributed by atoms with Crippen LogP contribution in [-0.4, -0.2) is 50.9 Å². The van der Waals surface area contributed by atoms with Gasteiger partial charge in [-0.15, -0.1) is 0 Å². The van der Waals surface area contributed by atoms with Crippen LogP contribution in [-0.2, 0) is 9.16 Å². The van der Waals surface area contributed by atoms with Gasteiger partial charge in [0, 0.05) is 6.07 Å². The Kier molecular flexibility index (Phi) is 8.35. The van der Waals surface area contributed by atoms with Gasteiger partial charge in [-0.1, -0.05) is 26.8 Å². The molecule has 1 aliphatic heterocycles. The number of benzene rings is 1. The first kappa shape index (κ1) is 26.8. The number of hydrogen-bond donors (Lipinski definition) is 2. The summed E-state index contributed by atoms with van der Waals surface area (Å²) in [7, 11) is -1.89. The quantitative estimate of drug-likeness (QED) is 0.317.